The molecular weight excluding hydrogens is 238 g/mol. The molecule has 94 valence electrons. The molecule has 0 bridgehead atoms. The Kier molecular flexibility index (Phi) is 3.46. The van der Waals surface area contributed by atoms with E-state index in [9.17, 15) is 8.78 Å². The number of hydrogen-bond acceptors (Lipinski definition) is 2. The summed E-state index contributed by atoms with van der Waals surface area (Å²) in [5.41, 5.74) is 0.723. The molecule has 0 radical (unpaired) electrons. The lowest BCUT2D eigenvalue weighted by atomic mass is 10.0. The summed E-state index contributed by atoms with van der Waals surface area (Å²) in [5.74, 6) is -1.44. The molecule has 0 aliphatic heterocycles. The minimum Gasteiger partial charge on any atom is -0.497 e. The zero-order chi connectivity index (χ0) is 13.1. The molecule has 0 amide bonds. The molecule has 2 aromatic rings. The van der Waals surface area contributed by atoms with Gasteiger partial charge in [-0.05, 0) is 29.8 Å². The maximum Gasteiger partial charge on any atom is 0.201 e. The fraction of sp³-hybridized carbons (Fsp3) is 0.143. The van der Waals surface area contributed by atoms with Gasteiger partial charge < -0.3 is 9.47 Å². The maximum atomic E-state index is 13.9. The Bertz CT molecular complexity index is 568. The summed E-state index contributed by atoms with van der Waals surface area (Å²) in [6.45, 7) is 0. The Balaban J connectivity index is 2.54. The number of halogens is 2. The van der Waals surface area contributed by atoms with Crippen molar-refractivity contribution in [1.29, 1.82) is 0 Å². The second-order valence-electron chi connectivity index (χ2n) is 3.68. The van der Waals surface area contributed by atoms with Crippen molar-refractivity contribution >= 4 is 0 Å². The molecular formula is C14H12F2O2. The van der Waals surface area contributed by atoms with E-state index in [0.717, 1.165) is 0 Å². The van der Waals surface area contributed by atoms with Crippen molar-refractivity contribution in [1.82, 2.24) is 0 Å². The van der Waals surface area contributed by atoms with E-state index in [2.05, 4.69) is 0 Å². The largest absolute Gasteiger partial charge is 0.497 e. The highest BCUT2D eigenvalue weighted by Crippen LogP contribution is 2.31. The predicted molar refractivity (Wildman–Crippen MR) is 64.9 cm³/mol. The van der Waals surface area contributed by atoms with Gasteiger partial charge in [0.15, 0.2) is 11.6 Å². The van der Waals surface area contributed by atoms with Crippen LogP contribution in [0, 0.1) is 11.6 Å². The van der Waals surface area contributed by atoms with E-state index in [1.165, 1.54) is 26.4 Å². The summed E-state index contributed by atoms with van der Waals surface area (Å²) in [6.07, 6.45) is 0. The molecule has 18 heavy (non-hydrogen) atoms. The summed E-state index contributed by atoms with van der Waals surface area (Å²) in [6, 6.07) is 9.66. The van der Waals surface area contributed by atoms with Gasteiger partial charge in [-0.1, -0.05) is 12.1 Å². The Hall–Kier alpha value is -2.10. The van der Waals surface area contributed by atoms with Gasteiger partial charge in [-0.2, -0.15) is 4.39 Å². The Morgan fingerprint density at radius 2 is 1.67 bits per heavy atom. The van der Waals surface area contributed by atoms with Gasteiger partial charge >= 0.3 is 0 Å². The summed E-state index contributed by atoms with van der Waals surface area (Å²) in [7, 11) is 2.81. The fourth-order valence-electron chi connectivity index (χ4n) is 1.70. The van der Waals surface area contributed by atoms with Crippen LogP contribution in [0.1, 0.15) is 0 Å². The van der Waals surface area contributed by atoms with Crippen molar-refractivity contribution in [3.63, 3.8) is 0 Å². The molecule has 2 aromatic carbocycles. The van der Waals surface area contributed by atoms with Crippen LogP contribution in [0.4, 0.5) is 8.78 Å². The molecule has 0 unspecified atom stereocenters. The van der Waals surface area contributed by atoms with E-state index in [4.69, 9.17) is 9.47 Å². The van der Waals surface area contributed by atoms with Crippen LogP contribution in [0.15, 0.2) is 36.4 Å². The van der Waals surface area contributed by atoms with Crippen LogP contribution in [-0.2, 0) is 0 Å². The average molecular weight is 250 g/mol. The van der Waals surface area contributed by atoms with Gasteiger partial charge in [-0.15, -0.1) is 0 Å². The number of methoxy groups -OCH3 is 2. The molecule has 0 heterocycles. The van der Waals surface area contributed by atoms with Gasteiger partial charge in [0.25, 0.3) is 0 Å². The highest BCUT2D eigenvalue weighted by molar-refractivity contribution is 5.66. The molecule has 0 N–H and O–H groups in total. The molecule has 2 rings (SSSR count). The van der Waals surface area contributed by atoms with Crippen molar-refractivity contribution in [3.05, 3.63) is 48.0 Å². The number of ether oxygens (including phenoxy) is 2. The molecule has 0 saturated carbocycles. The molecule has 0 atom stereocenters. The minimum absolute atomic E-state index is 0.112. The number of rotatable bonds is 3. The van der Waals surface area contributed by atoms with Crippen LogP contribution >= 0.6 is 0 Å². The zero-order valence-corrected chi connectivity index (χ0v) is 10.0. The van der Waals surface area contributed by atoms with E-state index in [1.54, 1.807) is 24.3 Å². The average Bonchev–Trinajstić information content (AvgIpc) is 2.42. The molecule has 0 fully saturated rings. The van der Waals surface area contributed by atoms with Gasteiger partial charge in [0.05, 0.1) is 14.2 Å². The fourth-order valence-corrected chi connectivity index (χ4v) is 1.70. The third kappa shape index (κ3) is 2.14. The van der Waals surface area contributed by atoms with Crippen LogP contribution in [0.25, 0.3) is 11.1 Å². The van der Waals surface area contributed by atoms with E-state index in [-0.39, 0.29) is 11.3 Å². The van der Waals surface area contributed by atoms with Crippen molar-refractivity contribution in [2.24, 2.45) is 0 Å². The highest BCUT2D eigenvalue weighted by Gasteiger charge is 2.15. The summed E-state index contributed by atoms with van der Waals surface area (Å²) >= 11 is 0. The van der Waals surface area contributed by atoms with Gasteiger partial charge in [-0.3, -0.25) is 0 Å². The van der Waals surface area contributed by atoms with Crippen LogP contribution < -0.4 is 9.47 Å². The number of hydrogen-bond donors (Lipinski definition) is 0. The van der Waals surface area contributed by atoms with Gasteiger partial charge in [0, 0.05) is 5.56 Å². The molecule has 0 saturated heterocycles. The SMILES string of the molecule is COc1cccc(-c2ccc(OC)c(F)c2F)c1. The maximum absolute atomic E-state index is 13.9. The van der Waals surface area contributed by atoms with Crippen molar-refractivity contribution < 1.29 is 18.3 Å². The van der Waals surface area contributed by atoms with Gasteiger partial charge in [0.2, 0.25) is 5.82 Å². The van der Waals surface area contributed by atoms with E-state index in [1.807, 2.05) is 0 Å². The van der Waals surface area contributed by atoms with E-state index in [0.29, 0.717) is 11.3 Å². The molecule has 0 spiro atoms. The standard InChI is InChI=1S/C14H12F2O2/c1-17-10-5-3-4-9(8-10)11-6-7-12(18-2)14(16)13(11)15/h3-8H,1-2H3. The van der Waals surface area contributed by atoms with Crippen LogP contribution in [0.5, 0.6) is 11.5 Å². The molecule has 4 heteroatoms. The first kappa shape index (κ1) is 12.4. The minimum atomic E-state index is -0.988. The van der Waals surface area contributed by atoms with Crippen molar-refractivity contribution in [2.45, 2.75) is 0 Å². The summed E-state index contributed by atoms with van der Waals surface area (Å²) in [4.78, 5) is 0. The van der Waals surface area contributed by atoms with Crippen LogP contribution in [-0.4, -0.2) is 14.2 Å². The second kappa shape index (κ2) is 5.04. The normalized spacial score (nSPS) is 10.2. The predicted octanol–water partition coefficient (Wildman–Crippen LogP) is 3.65. The topological polar surface area (TPSA) is 18.5 Å². The van der Waals surface area contributed by atoms with Crippen molar-refractivity contribution in [2.75, 3.05) is 14.2 Å². The lowest BCUT2D eigenvalue weighted by Gasteiger charge is -2.08. The first-order chi connectivity index (χ1) is 8.67. The zero-order valence-electron chi connectivity index (χ0n) is 10.0. The lowest BCUT2D eigenvalue weighted by molar-refractivity contribution is 0.372. The van der Waals surface area contributed by atoms with Crippen LogP contribution in [0.2, 0.25) is 0 Å². The van der Waals surface area contributed by atoms with Gasteiger partial charge in [0.1, 0.15) is 5.75 Å². The Morgan fingerprint density at radius 3 is 2.33 bits per heavy atom. The first-order valence-electron chi connectivity index (χ1n) is 5.33. The third-order valence-corrected chi connectivity index (χ3v) is 2.65. The summed E-state index contributed by atoms with van der Waals surface area (Å²) in [5, 5.41) is 0. The van der Waals surface area contributed by atoms with E-state index < -0.39 is 11.6 Å². The second-order valence-corrected chi connectivity index (χ2v) is 3.68. The Morgan fingerprint density at radius 1 is 0.889 bits per heavy atom. The third-order valence-electron chi connectivity index (χ3n) is 2.65. The number of benzene rings is 2. The first-order valence-corrected chi connectivity index (χ1v) is 5.33. The van der Waals surface area contributed by atoms with Gasteiger partial charge in [-0.25, -0.2) is 4.39 Å². The molecule has 0 aromatic heterocycles. The quantitative estimate of drug-likeness (QED) is 0.827. The van der Waals surface area contributed by atoms with E-state index >= 15 is 0 Å². The lowest BCUT2D eigenvalue weighted by Crippen LogP contribution is -1.95. The molecule has 0 aliphatic rings. The molecule has 2 nitrogen and oxygen atoms in total. The van der Waals surface area contributed by atoms with Crippen molar-refractivity contribution in [3.8, 4) is 22.6 Å². The smallest absolute Gasteiger partial charge is 0.201 e. The monoisotopic (exact) mass is 250 g/mol. The molecule has 0 aliphatic carbocycles. The van der Waals surface area contributed by atoms with Crippen LogP contribution in [0.3, 0.4) is 0 Å². The Labute approximate surface area is 104 Å². The summed E-state index contributed by atoms with van der Waals surface area (Å²) < 4.78 is 37.2. The highest BCUT2D eigenvalue weighted by atomic mass is 19.2.